The van der Waals surface area contributed by atoms with Crippen molar-refractivity contribution in [2.45, 2.75) is 26.3 Å². The lowest BCUT2D eigenvalue weighted by Gasteiger charge is -2.07. The van der Waals surface area contributed by atoms with E-state index in [-0.39, 0.29) is 24.0 Å². The molecule has 3 rings (SSSR count). The van der Waals surface area contributed by atoms with Crippen molar-refractivity contribution in [1.82, 2.24) is 25.0 Å². The van der Waals surface area contributed by atoms with Crippen molar-refractivity contribution in [3.63, 3.8) is 0 Å². The molecule has 9 nitrogen and oxygen atoms in total. The van der Waals surface area contributed by atoms with E-state index in [0.717, 1.165) is 16.0 Å². The summed E-state index contributed by atoms with van der Waals surface area (Å²) in [6.07, 6.45) is 0. The first kappa shape index (κ1) is 18.3. The number of benzene rings is 1. The molecule has 2 N–H and O–H groups in total. The summed E-state index contributed by atoms with van der Waals surface area (Å²) in [4.78, 5) is 28.4. The van der Waals surface area contributed by atoms with E-state index < -0.39 is 5.91 Å². The Morgan fingerprint density at radius 3 is 2.59 bits per heavy atom. The minimum absolute atomic E-state index is 0.161. The largest absolute Gasteiger partial charge is 0.497 e. The molecule has 140 valence electrons. The molecule has 2 heterocycles. The number of hydrogen-bond acceptors (Lipinski definition) is 6. The SMILES string of the molecule is COc1ccc(-c2ccc(=O)n(CC(=O)Nc3n[nH]c(C(C)C)n3)n2)cc1. The lowest BCUT2D eigenvalue weighted by atomic mass is 10.1. The Morgan fingerprint density at radius 2 is 1.96 bits per heavy atom. The number of H-pyrrole nitrogens is 1. The molecule has 1 aromatic carbocycles. The molecule has 0 unspecified atom stereocenters. The van der Waals surface area contributed by atoms with Gasteiger partial charge in [-0.3, -0.25) is 20.0 Å². The normalized spacial score (nSPS) is 10.8. The minimum Gasteiger partial charge on any atom is -0.497 e. The molecular formula is C18H20N6O3. The van der Waals surface area contributed by atoms with Gasteiger partial charge in [-0.25, -0.2) is 4.68 Å². The maximum Gasteiger partial charge on any atom is 0.267 e. The number of methoxy groups -OCH3 is 1. The van der Waals surface area contributed by atoms with Crippen molar-refractivity contribution >= 4 is 11.9 Å². The number of aromatic amines is 1. The Kier molecular flexibility index (Phi) is 5.30. The number of carbonyl (C=O) groups is 1. The second kappa shape index (κ2) is 7.81. The van der Waals surface area contributed by atoms with Crippen molar-refractivity contribution < 1.29 is 9.53 Å². The maximum absolute atomic E-state index is 12.2. The van der Waals surface area contributed by atoms with E-state index in [9.17, 15) is 9.59 Å². The molecule has 0 saturated carbocycles. The number of amides is 1. The molecule has 2 aromatic heterocycles. The highest BCUT2D eigenvalue weighted by Crippen LogP contribution is 2.19. The Balaban J connectivity index is 1.75. The topological polar surface area (TPSA) is 115 Å². The van der Waals surface area contributed by atoms with Gasteiger partial charge in [-0.05, 0) is 30.3 Å². The number of nitrogens with one attached hydrogen (secondary N) is 2. The number of hydrogen-bond donors (Lipinski definition) is 2. The number of carbonyl (C=O) groups excluding carboxylic acids is 1. The molecule has 0 saturated heterocycles. The number of ether oxygens (including phenoxy) is 1. The summed E-state index contributed by atoms with van der Waals surface area (Å²) >= 11 is 0. The molecule has 3 aromatic rings. The van der Waals surface area contributed by atoms with Gasteiger partial charge in [0.15, 0.2) is 0 Å². The van der Waals surface area contributed by atoms with Crippen LogP contribution in [-0.4, -0.2) is 38.0 Å². The van der Waals surface area contributed by atoms with E-state index in [1.54, 1.807) is 25.3 Å². The maximum atomic E-state index is 12.2. The van der Waals surface area contributed by atoms with Gasteiger partial charge in [-0.1, -0.05) is 13.8 Å². The predicted molar refractivity (Wildman–Crippen MR) is 99.6 cm³/mol. The zero-order valence-corrected chi connectivity index (χ0v) is 15.3. The summed E-state index contributed by atoms with van der Waals surface area (Å²) < 4.78 is 6.23. The fraction of sp³-hybridized carbons (Fsp3) is 0.278. The van der Waals surface area contributed by atoms with E-state index in [0.29, 0.717) is 11.5 Å². The molecule has 9 heteroatoms. The zero-order chi connectivity index (χ0) is 19.4. The van der Waals surface area contributed by atoms with Crippen molar-refractivity contribution in [2.24, 2.45) is 0 Å². The van der Waals surface area contributed by atoms with E-state index in [4.69, 9.17) is 4.74 Å². The summed E-state index contributed by atoms with van der Waals surface area (Å²) in [6, 6.07) is 10.3. The lowest BCUT2D eigenvalue weighted by molar-refractivity contribution is -0.117. The fourth-order valence-electron chi connectivity index (χ4n) is 2.37. The minimum atomic E-state index is -0.439. The van der Waals surface area contributed by atoms with Crippen LogP contribution in [0.3, 0.4) is 0 Å². The van der Waals surface area contributed by atoms with Gasteiger partial charge in [0.2, 0.25) is 11.9 Å². The molecule has 1 amide bonds. The monoisotopic (exact) mass is 368 g/mol. The average Bonchev–Trinajstić information content (AvgIpc) is 3.12. The molecule has 0 atom stereocenters. The van der Waals surface area contributed by atoms with Crippen molar-refractivity contribution in [1.29, 1.82) is 0 Å². The highest BCUT2D eigenvalue weighted by molar-refractivity contribution is 5.88. The Bertz CT molecular complexity index is 991. The Labute approximate surface area is 155 Å². The van der Waals surface area contributed by atoms with Crippen LogP contribution >= 0.6 is 0 Å². The molecule has 0 aliphatic heterocycles. The first-order valence-corrected chi connectivity index (χ1v) is 8.41. The third-order valence-corrected chi connectivity index (χ3v) is 3.85. The number of rotatable bonds is 6. The van der Waals surface area contributed by atoms with E-state index in [1.165, 1.54) is 6.07 Å². The van der Waals surface area contributed by atoms with Crippen LogP contribution in [0.1, 0.15) is 25.6 Å². The summed E-state index contributed by atoms with van der Waals surface area (Å²) in [5.74, 6) is 1.28. The molecular weight excluding hydrogens is 348 g/mol. The standard InChI is InChI=1S/C18H20N6O3/c1-11(2)17-20-18(22-21-17)19-15(25)10-24-16(26)9-8-14(23-24)12-4-6-13(27-3)7-5-12/h4-9,11H,10H2,1-3H3,(H2,19,20,21,22,25). The number of nitrogens with zero attached hydrogens (tertiary/aromatic N) is 4. The van der Waals surface area contributed by atoms with E-state index in [1.807, 2.05) is 26.0 Å². The zero-order valence-electron chi connectivity index (χ0n) is 15.3. The third kappa shape index (κ3) is 4.38. The van der Waals surface area contributed by atoms with Gasteiger partial charge >= 0.3 is 0 Å². The van der Waals surface area contributed by atoms with E-state index in [2.05, 4.69) is 25.6 Å². The van der Waals surface area contributed by atoms with Crippen LogP contribution in [0.15, 0.2) is 41.2 Å². The molecule has 0 bridgehead atoms. The van der Waals surface area contributed by atoms with Gasteiger partial charge in [-0.15, -0.1) is 5.10 Å². The van der Waals surface area contributed by atoms with Gasteiger partial charge in [-0.2, -0.15) is 10.1 Å². The van der Waals surface area contributed by atoms with Crippen molar-refractivity contribution in [3.05, 3.63) is 52.6 Å². The second-order valence-corrected chi connectivity index (χ2v) is 6.19. The smallest absolute Gasteiger partial charge is 0.267 e. The summed E-state index contributed by atoms with van der Waals surface area (Å²) in [5, 5.41) is 13.5. The molecule has 0 spiro atoms. The van der Waals surface area contributed by atoms with Gasteiger partial charge in [0.05, 0.1) is 12.8 Å². The van der Waals surface area contributed by atoms with E-state index >= 15 is 0 Å². The van der Waals surface area contributed by atoms with Gasteiger partial charge < -0.3 is 4.74 Å². The highest BCUT2D eigenvalue weighted by atomic mass is 16.5. The third-order valence-electron chi connectivity index (χ3n) is 3.85. The highest BCUT2D eigenvalue weighted by Gasteiger charge is 2.12. The lowest BCUT2D eigenvalue weighted by Crippen LogP contribution is -2.29. The molecule has 0 radical (unpaired) electrons. The van der Waals surface area contributed by atoms with Crippen LogP contribution < -0.4 is 15.6 Å². The number of aromatic nitrogens is 5. The van der Waals surface area contributed by atoms with Gasteiger partial charge in [0.1, 0.15) is 18.1 Å². The summed E-state index contributed by atoms with van der Waals surface area (Å²) in [7, 11) is 1.59. The van der Waals surface area contributed by atoms with Crippen LogP contribution in [-0.2, 0) is 11.3 Å². The summed E-state index contributed by atoms with van der Waals surface area (Å²) in [5.41, 5.74) is 1.01. The molecule has 0 fully saturated rings. The molecule has 0 aliphatic rings. The van der Waals surface area contributed by atoms with Gasteiger partial charge in [0.25, 0.3) is 5.56 Å². The second-order valence-electron chi connectivity index (χ2n) is 6.19. The average molecular weight is 368 g/mol. The fourth-order valence-corrected chi connectivity index (χ4v) is 2.37. The van der Waals surface area contributed by atoms with Crippen LogP contribution in [0.25, 0.3) is 11.3 Å². The van der Waals surface area contributed by atoms with Crippen molar-refractivity contribution in [3.8, 4) is 17.0 Å². The van der Waals surface area contributed by atoms with Crippen LogP contribution in [0.5, 0.6) is 5.75 Å². The Hall–Kier alpha value is -3.49. The van der Waals surface area contributed by atoms with Crippen LogP contribution in [0.2, 0.25) is 0 Å². The molecule has 0 aliphatic carbocycles. The van der Waals surface area contributed by atoms with Crippen LogP contribution in [0.4, 0.5) is 5.95 Å². The van der Waals surface area contributed by atoms with Crippen LogP contribution in [0, 0.1) is 0 Å². The first-order valence-electron chi connectivity index (χ1n) is 8.41. The summed E-state index contributed by atoms with van der Waals surface area (Å²) in [6.45, 7) is 3.68. The first-order chi connectivity index (χ1) is 13.0. The van der Waals surface area contributed by atoms with Crippen molar-refractivity contribution in [2.75, 3.05) is 12.4 Å². The van der Waals surface area contributed by atoms with Gasteiger partial charge in [0, 0.05) is 17.5 Å². The molecule has 27 heavy (non-hydrogen) atoms. The quantitative estimate of drug-likeness (QED) is 0.686. The Morgan fingerprint density at radius 1 is 1.22 bits per heavy atom. The number of anilines is 1. The predicted octanol–water partition coefficient (Wildman–Crippen LogP) is 1.80.